The number of aromatic nitrogens is 4. The van der Waals surface area contributed by atoms with Gasteiger partial charge in [-0.05, 0) is 12.1 Å². The fourth-order valence-electron chi connectivity index (χ4n) is 2.01. The molecule has 0 spiro atoms. The van der Waals surface area contributed by atoms with Crippen molar-refractivity contribution in [1.82, 2.24) is 25.3 Å². The van der Waals surface area contributed by atoms with Gasteiger partial charge in [-0.15, -0.1) is 5.10 Å². The highest BCUT2D eigenvalue weighted by Gasteiger charge is 2.09. The molecular formula is C13H13N5O. The molecule has 0 aliphatic heterocycles. The van der Waals surface area contributed by atoms with E-state index in [-0.39, 0.29) is 5.91 Å². The van der Waals surface area contributed by atoms with Gasteiger partial charge in [0, 0.05) is 24.3 Å². The Balaban J connectivity index is 1.68. The average Bonchev–Trinajstić information content (AvgIpc) is 3.08. The lowest BCUT2D eigenvalue weighted by atomic mass is 10.1. The molecule has 0 fully saturated rings. The standard InChI is InChI=1S/C13H13N5O/c19-13(15-6-8-18-9-7-16-17-18)11-3-1-2-10-4-5-14-12(10)11/h1-5,7,9,14H,6,8H2,(H,15,19). The molecular weight excluding hydrogens is 242 g/mol. The highest BCUT2D eigenvalue weighted by atomic mass is 16.1. The van der Waals surface area contributed by atoms with Crippen LogP contribution in [0.25, 0.3) is 10.9 Å². The summed E-state index contributed by atoms with van der Waals surface area (Å²) in [4.78, 5) is 15.2. The molecule has 6 nitrogen and oxygen atoms in total. The van der Waals surface area contributed by atoms with Gasteiger partial charge in [0.1, 0.15) is 0 Å². The fourth-order valence-corrected chi connectivity index (χ4v) is 2.01. The Bertz CT molecular complexity index is 686. The molecule has 3 aromatic rings. The third-order valence-corrected chi connectivity index (χ3v) is 2.93. The Kier molecular flexibility index (Phi) is 2.97. The first kappa shape index (κ1) is 11.5. The Morgan fingerprint density at radius 1 is 1.37 bits per heavy atom. The molecule has 0 aliphatic rings. The first-order valence-corrected chi connectivity index (χ1v) is 6.03. The zero-order chi connectivity index (χ0) is 13.1. The molecule has 0 saturated carbocycles. The second kappa shape index (κ2) is 4.93. The van der Waals surface area contributed by atoms with Crippen LogP contribution in [0, 0.1) is 0 Å². The van der Waals surface area contributed by atoms with Crippen LogP contribution in [0.15, 0.2) is 42.9 Å². The Morgan fingerprint density at radius 2 is 2.32 bits per heavy atom. The maximum atomic E-state index is 12.1. The zero-order valence-electron chi connectivity index (χ0n) is 10.2. The van der Waals surface area contributed by atoms with Crippen molar-refractivity contribution >= 4 is 16.8 Å². The highest BCUT2D eigenvalue weighted by Crippen LogP contribution is 2.16. The lowest BCUT2D eigenvalue weighted by molar-refractivity contribution is 0.0953. The van der Waals surface area contributed by atoms with E-state index < -0.39 is 0 Å². The number of nitrogens with one attached hydrogen (secondary N) is 2. The molecule has 2 aromatic heterocycles. The van der Waals surface area contributed by atoms with Crippen molar-refractivity contribution in [3.05, 3.63) is 48.4 Å². The number of benzene rings is 1. The van der Waals surface area contributed by atoms with Crippen molar-refractivity contribution in [2.45, 2.75) is 6.54 Å². The number of carbonyl (C=O) groups is 1. The summed E-state index contributed by atoms with van der Waals surface area (Å²) in [5.74, 6) is -0.0897. The first-order valence-electron chi connectivity index (χ1n) is 6.03. The largest absolute Gasteiger partial charge is 0.361 e. The number of para-hydroxylation sites is 1. The van der Waals surface area contributed by atoms with E-state index in [9.17, 15) is 4.79 Å². The number of hydrogen-bond acceptors (Lipinski definition) is 3. The smallest absolute Gasteiger partial charge is 0.253 e. The lowest BCUT2D eigenvalue weighted by Crippen LogP contribution is -2.27. The maximum Gasteiger partial charge on any atom is 0.253 e. The summed E-state index contributed by atoms with van der Waals surface area (Å²) in [5, 5.41) is 11.4. The number of amides is 1. The summed E-state index contributed by atoms with van der Waals surface area (Å²) < 4.78 is 1.68. The van der Waals surface area contributed by atoms with Crippen molar-refractivity contribution < 1.29 is 4.79 Å². The maximum absolute atomic E-state index is 12.1. The van der Waals surface area contributed by atoms with E-state index in [1.807, 2.05) is 30.5 Å². The molecule has 0 unspecified atom stereocenters. The molecule has 0 aliphatic carbocycles. The third kappa shape index (κ3) is 2.33. The van der Waals surface area contributed by atoms with Gasteiger partial charge in [0.15, 0.2) is 0 Å². The van der Waals surface area contributed by atoms with Gasteiger partial charge >= 0.3 is 0 Å². The molecule has 0 atom stereocenters. The summed E-state index contributed by atoms with van der Waals surface area (Å²) in [6.45, 7) is 1.12. The number of H-pyrrole nitrogens is 1. The van der Waals surface area contributed by atoms with Gasteiger partial charge in [0.2, 0.25) is 0 Å². The number of carbonyl (C=O) groups excluding carboxylic acids is 1. The van der Waals surface area contributed by atoms with Gasteiger partial charge in [0.05, 0.1) is 23.8 Å². The Labute approximate surface area is 109 Å². The topological polar surface area (TPSA) is 75.6 Å². The van der Waals surface area contributed by atoms with E-state index in [4.69, 9.17) is 0 Å². The van der Waals surface area contributed by atoms with Crippen molar-refractivity contribution in [3.63, 3.8) is 0 Å². The van der Waals surface area contributed by atoms with E-state index in [0.29, 0.717) is 18.7 Å². The molecule has 0 bridgehead atoms. The van der Waals surface area contributed by atoms with Gasteiger partial charge in [-0.1, -0.05) is 17.3 Å². The van der Waals surface area contributed by atoms with E-state index in [1.54, 1.807) is 17.1 Å². The van der Waals surface area contributed by atoms with Gasteiger partial charge < -0.3 is 10.3 Å². The molecule has 19 heavy (non-hydrogen) atoms. The van der Waals surface area contributed by atoms with Gasteiger partial charge in [-0.25, -0.2) is 0 Å². The molecule has 2 heterocycles. The van der Waals surface area contributed by atoms with Crippen molar-refractivity contribution in [2.75, 3.05) is 6.54 Å². The third-order valence-electron chi connectivity index (χ3n) is 2.93. The molecule has 0 saturated heterocycles. The van der Waals surface area contributed by atoms with Crippen LogP contribution in [-0.4, -0.2) is 32.4 Å². The number of rotatable bonds is 4. The quantitative estimate of drug-likeness (QED) is 0.735. The number of fused-ring (bicyclic) bond motifs is 1. The minimum Gasteiger partial charge on any atom is -0.361 e. The summed E-state index contributed by atoms with van der Waals surface area (Å²) in [7, 11) is 0. The van der Waals surface area contributed by atoms with E-state index in [1.165, 1.54) is 0 Å². The fraction of sp³-hybridized carbons (Fsp3) is 0.154. The average molecular weight is 255 g/mol. The van der Waals surface area contributed by atoms with Crippen LogP contribution in [0.1, 0.15) is 10.4 Å². The van der Waals surface area contributed by atoms with Crippen LogP contribution in [0.3, 0.4) is 0 Å². The van der Waals surface area contributed by atoms with Crippen molar-refractivity contribution in [2.24, 2.45) is 0 Å². The normalized spacial score (nSPS) is 10.7. The molecule has 1 amide bonds. The van der Waals surface area contributed by atoms with Crippen LogP contribution in [0.2, 0.25) is 0 Å². The summed E-state index contributed by atoms with van der Waals surface area (Å²) in [5.41, 5.74) is 1.52. The van der Waals surface area contributed by atoms with Gasteiger partial charge in [0.25, 0.3) is 5.91 Å². The van der Waals surface area contributed by atoms with Crippen LogP contribution < -0.4 is 5.32 Å². The summed E-state index contributed by atoms with van der Waals surface area (Å²) in [6, 6.07) is 7.60. The van der Waals surface area contributed by atoms with Crippen LogP contribution >= 0.6 is 0 Å². The lowest BCUT2D eigenvalue weighted by Gasteiger charge is -2.06. The van der Waals surface area contributed by atoms with Crippen LogP contribution in [0.5, 0.6) is 0 Å². The molecule has 2 N–H and O–H groups in total. The Morgan fingerprint density at radius 3 is 3.16 bits per heavy atom. The molecule has 1 aromatic carbocycles. The molecule has 0 radical (unpaired) electrons. The first-order chi connectivity index (χ1) is 9.34. The number of nitrogens with zero attached hydrogens (tertiary/aromatic N) is 3. The molecule has 96 valence electrons. The second-order valence-corrected chi connectivity index (χ2v) is 4.17. The molecule has 3 rings (SSSR count). The van der Waals surface area contributed by atoms with Crippen LogP contribution in [0.4, 0.5) is 0 Å². The van der Waals surface area contributed by atoms with E-state index in [0.717, 1.165) is 10.9 Å². The zero-order valence-corrected chi connectivity index (χ0v) is 10.2. The second-order valence-electron chi connectivity index (χ2n) is 4.17. The van der Waals surface area contributed by atoms with Crippen molar-refractivity contribution in [3.8, 4) is 0 Å². The minimum atomic E-state index is -0.0897. The predicted octanol–water partition coefficient (Wildman–Crippen LogP) is 1.19. The summed E-state index contributed by atoms with van der Waals surface area (Å²) in [6.07, 6.45) is 5.20. The van der Waals surface area contributed by atoms with Gasteiger partial charge in [-0.3, -0.25) is 9.48 Å². The summed E-state index contributed by atoms with van der Waals surface area (Å²) >= 11 is 0. The van der Waals surface area contributed by atoms with E-state index in [2.05, 4.69) is 20.6 Å². The monoisotopic (exact) mass is 255 g/mol. The number of hydrogen-bond donors (Lipinski definition) is 2. The van der Waals surface area contributed by atoms with Crippen molar-refractivity contribution in [1.29, 1.82) is 0 Å². The number of aromatic amines is 1. The van der Waals surface area contributed by atoms with Crippen LogP contribution in [-0.2, 0) is 6.54 Å². The highest BCUT2D eigenvalue weighted by molar-refractivity contribution is 6.05. The minimum absolute atomic E-state index is 0.0897. The predicted molar refractivity (Wildman–Crippen MR) is 70.7 cm³/mol. The SMILES string of the molecule is O=C(NCCn1ccnn1)c1cccc2cc[nH]c12. The molecule has 6 heteroatoms. The Hall–Kier alpha value is -2.63. The van der Waals surface area contributed by atoms with E-state index >= 15 is 0 Å². The van der Waals surface area contributed by atoms with Gasteiger partial charge in [-0.2, -0.15) is 0 Å².